The van der Waals surface area contributed by atoms with Crippen molar-refractivity contribution in [2.45, 2.75) is 73.4 Å². The van der Waals surface area contributed by atoms with E-state index in [1.165, 1.54) is 5.56 Å². The maximum atomic E-state index is 9.88. The van der Waals surface area contributed by atoms with Gasteiger partial charge in [-0.2, -0.15) is 0 Å². The summed E-state index contributed by atoms with van der Waals surface area (Å²) in [5.41, 5.74) is 1.95. The molecule has 0 spiro atoms. The highest BCUT2D eigenvalue weighted by Crippen LogP contribution is 2.24. The summed E-state index contributed by atoms with van der Waals surface area (Å²) in [5.74, 6) is 0. The predicted octanol–water partition coefficient (Wildman–Crippen LogP) is 6.33. The molecule has 0 radical (unpaired) electrons. The molecule has 3 nitrogen and oxygen atoms in total. The number of hydrogen-bond donors (Lipinski definition) is 2. The molecule has 0 unspecified atom stereocenters. The van der Waals surface area contributed by atoms with Gasteiger partial charge < -0.3 is 10.4 Å². The van der Waals surface area contributed by atoms with Gasteiger partial charge >= 0.3 is 0 Å². The Bertz CT molecular complexity index is 541. The molecule has 1 aliphatic heterocycles. The van der Waals surface area contributed by atoms with Gasteiger partial charge in [-0.25, -0.2) is 0 Å². The molecule has 3 heteroatoms. The third-order valence-corrected chi connectivity index (χ3v) is 4.39. The van der Waals surface area contributed by atoms with Crippen LogP contribution in [0.2, 0.25) is 0 Å². The molecule has 0 aliphatic carbocycles. The van der Waals surface area contributed by atoms with Crippen LogP contribution in [0.5, 0.6) is 0 Å². The third-order valence-electron chi connectivity index (χ3n) is 4.39. The van der Waals surface area contributed by atoms with Gasteiger partial charge in [-0.3, -0.25) is 4.90 Å². The summed E-state index contributed by atoms with van der Waals surface area (Å²) in [6.45, 7) is 21.1. The van der Waals surface area contributed by atoms with Gasteiger partial charge in [-0.1, -0.05) is 96.7 Å². The molecular weight excluding hydrogens is 356 g/mol. The molecule has 0 bridgehead atoms. The van der Waals surface area contributed by atoms with Crippen molar-refractivity contribution >= 4 is 0 Å². The Morgan fingerprint density at radius 3 is 2.07 bits per heavy atom. The third kappa shape index (κ3) is 12.4. The van der Waals surface area contributed by atoms with Crippen LogP contribution in [0.25, 0.3) is 0 Å². The molecule has 1 aromatic carbocycles. The standard InChI is InChI=1S/C20H28N2O.3C2H6/c1-3-4-6-9-18(2)21-20(17-23)12-14-22(15-13-20)16-19-10-7-5-8-11-19;3*1-2/h3-11,21,23H,2,12-17H2,1H3;3*1-2H3/b4-3-,9-6-;;;. The largest absolute Gasteiger partial charge is 0.394 e. The molecule has 1 aromatic rings. The molecule has 2 rings (SSSR count). The van der Waals surface area contributed by atoms with Crippen LogP contribution in [-0.4, -0.2) is 35.2 Å². The highest BCUT2D eigenvalue weighted by Gasteiger charge is 2.33. The number of benzene rings is 1. The topological polar surface area (TPSA) is 35.5 Å². The lowest BCUT2D eigenvalue weighted by atomic mass is 9.87. The lowest BCUT2D eigenvalue weighted by molar-refractivity contribution is 0.0834. The van der Waals surface area contributed by atoms with Gasteiger partial charge in [-0.05, 0) is 31.4 Å². The number of rotatable bonds is 7. The summed E-state index contributed by atoms with van der Waals surface area (Å²) in [5, 5.41) is 13.3. The fourth-order valence-corrected chi connectivity index (χ4v) is 2.97. The first-order valence-electron chi connectivity index (χ1n) is 11.3. The smallest absolute Gasteiger partial charge is 0.0662 e. The minimum atomic E-state index is -0.245. The summed E-state index contributed by atoms with van der Waals surface area (Å²) in [6, 6.07) is 10.5. The normalized spacial score (nSPS) is 15.3. The van der Waals surface area contributed by atoms with Gasteiger partial charge in [0.25, 0.3) is 0 Å². The summed E-state index contributed by atoms with van der Waals surface area (Å²) in [6.07, 6.45) is 9.72. The fraction of sp³-hybridized carbons (Fsp3) is 0.538. The number of aliphatic hydroxyl groups is 1. The van der Waals surface area contributed by atoms with Crippen molar-refractivity contribution in [3.8, 4) is 0 Å². The van der Waals surface area contributed by atoms with Crippen molar-refractivity contribution in [3.05, 3.63) is 72.5 Å². The zero-order valence-electron chi connectivity index (χ0n) is 20.0. The maximum Gasteiger partial charge on any atom is 0.0662 e. The summed E-state index contributed by atoms with van der Waals surface area (Å²) in [7, 11) is 0. The molecule has 0 aromatic heterocycles. The van der Waals surface area contributed by atoms with Crippen molar-refractivity contribution in [1.82, 2.24) is 10.2 Å². The molecule has 0 atom stereocenters. The van der Waals surface area contributed by atoms with Crippen LogP contribution < -0.4 is 5.32 Å². The number of nitrogens with one attached hydrogen (secondary N) is 1. The molecule has 0 amide bonds. The van der Waals surface area contributed by atoms with E-state index in [1.807, 2.05) is 78.8 Å². The van der Waals surface area contributed by atoms with Crippen LogP contribution in [0.4, 0.5) is 0 Å². The van der Waals surface area contributed by atoms with Crippen LogP contribution in [0.1, 0.15) is 66.9 Å². The minimum absolute atomic E-state index is 0.142. The van der Waals surface area contributed by atoms with E-state index in [0.717, 1.165) is 38.2 Å². The van der Waals surface area contributed by atoms with Crippen LogP contribution in [0, 0.1) is 0 Å². The summed E-state index contributed by atoms with van der Waals surface area (Å²) in [4.78, 5) is 2.45. The van der Waals surface area contributed by atoms with Crippen molar-refractivity contribution in [2.24, 2.45) is 0 Å². The summed E-state index contributed by atoms with van der Waals surface area (Å²) < 4.78 is 0. The lowest BCUT2D eigenvalue weighted by Gasteiger charge is -2.42. The van der Waals surface area contributed by atoms with E-state index in [0.29, 0.717) is 0 Å². The average molecular weight is 403 g/mol. The molecule has 0 saturated carbocycles. The second-order valence-electron chi connectivity index (χ2n) is 6.24. The first-order chi connectivity index (χ1) is 14.2. The second kappa shape index (κ2) is 19.5. The molecule has 2 N–H and O–H groups in total. The van der Waals surface area contributed by atoms with Gasteiger partial charge in [0.1, 0.15) is 0 Å². The highest BCUT2D eigenvalue weighted by molar-refractivity contribution is 5.20. The minimum Gasteiger partial charge on any atom is -0.394 e. The van der Waals surface area contributed by atoms with E-state index in [9.17, 15) is 5.11 Å². The quantitative estimate of drug-likeness (QED) is 0.523. The number of allylic oxidation sites excluding steroid dienone is 4. The maximum absolute atomic E-state index is 9.88. The Hall–Kier alpha value is -1.84. The van der Waals surface area contributed by atoms with Crippen molar-refractivity contribution in [3.63, 3.8) is 0 Å². The molecule has 1 fully saturated rings. The van der Waals surface area contributed by atoms with E-state index < -0.39 is 0 Å². The van der Waals surface area contributed by atoms with Crippen LogP contribution in [0.3, 0.4) is 0 Å². The number of hydrogen-bond acceptors (Lipinski definition) is 3. The van der Waals surface area contributed by atoms with Gasteiger partial charge in [0.05, 0.1) is 12.1 Å². The van der Waals surface area contributed by atoms with Crippen LogP contribution in [-0.2, 0) is 6.54 Å². The lowest BCUT2D eigenvalue weighted by Crippen LogP contribution is -2.54. The van der Waals surface area contributed by atoms with Crippen LogP contribution >= 0.6 is 0 Å². The molecular formula is C26H46N2O. The van der Waals surface area contributed by atoms with Crippen molar-refractivity contribution in [2.75, 3.05) is 19.7 Å². The van der Waals surface area contributed by atoms with Crippen molar-refractivity contribution in [1.29, 1.82) is 0 Å². The monoisotopic (exact) mass is 402 g/mol. The van der Waals surface area contributed by atoms with E-state index in [4.69, 9.17) is 0 Å². The number of aliphatic hydroxyl groups excluding tert-OH is 1. The fourth-order valence-electron chi connectivity index (χ4n) is 2.97. The Balaban J connectivity index is 0. The molecule has 166 valence electrons. The average Bonchev–Trinajstić information content (AvgIpc) is 2.80. The van der Waals surface area contributed by atoms with E-state index >= 15 is 0 Å². The Kier molecular flexibility index (Phi) is 19.7. The molecule has 1 saturated heterocycles. The Labute approximate surface area is 181 Å². The first-order valence-corrected chi connectivity index (χ1v) is 11.3. The van der Waals surface area contributed by atoms with Gasteiger partial charge in [-0.15, -0.1) is 0 Å². The van der Waals surface area contributed by atoms with E-state index in [1.54, 1.807) is 0 Å². The summed E-state index contributed by atoms with van der Waals surface area (Å²) >= 11 is 0. The number of nitrogens with zero attached hydrogens (tertiary/aromatic N) is 1. The zero-order chi connectivity index (χ0) is 22.5. The molecule has 1 heterocycles. The van der Waals surface area contributed by atoms with Gasteiger partial charge in [0, 0.05) is 25.3 Å². The predicted molar refractivity (Wildman–Crippen MR) is 131 cm³/mol. The number of piperidine rings is 1. The Morgan fingerprint density at radius 1 is 1.03 bits per heavy atom. The van der Waals surface area contributed by atoms with Gasteiger partial charge in [0.2, 0.25) is 0 Å². The van der Waals surface area contributed by atoms with Crippen LogP contribution in [0.15, 0.2) is 66.9 Å². The zero-order valence-corrected chi connectivity index (χ0v) is 20.0. The van der Waals surface area contributed by atoms with E-state index in [2.05, 4.69) is 41.1 Å². The first kappa shape index (κ1) is 29.4. The van der Waals surface area contributed by atoms with E-state index in [-0.39, 0.29) is 12.1 Å². The van der Waals surface area contributed by atoms with Crippen molar-refractivity contribution < 1.29 is 5.11 Å². The Morgan fingerprint density at radius 2 is 1.59 bits per heavy atom. The second-order valence-corrected chi connectivity index (χ2v) is 6.24. The van der Waals surface area contributed by atoms with Gasteiger partial charge in [0.15, 0.2) is 0 Å². The number of likely N-dealkylation sites (tertiary alicyclic amines) is 1. The molecule has 29 heavy (non-hydrogen) atoms. The SMILES string of the molecule is C=C(/C=C\C=C/C)NC1(CO)CCN(Cc2ccccc2)CC1.CC.CC.CC. The molecule has 1 aliphatic rings. The highest BCUT2D eigenvalue weighted by atomic mass is 16.3.